The van der Waals surface area contributed by atoms with Crippen LogP contribution in [0, 0.1) is 12.8 Å². The lowest BCUT2D eigenvalue weighted by Crippen LogP contribution is -2.41. The van der Waals surface area contributed by atoms with Gasteiger partial charge in [0.2, 0.25) is 0 Å². The number of hydrogen-bond acceptors (Lipinski definition) is 2. The van der Waals surface area contributed by atoms with E-state index in [1.807, 2.05) is 0 Å². The molecule has 1 saturated carbocycles. The van der Waals surface area contributed by atoms with E-state index in [4.69, 9.17) is 5.73 Å². The van der Waals surface area contributed by atoms with Gasteiger partial charge in [-0.15, -0.1) is 0 Å². The fourth-order valence-electron chi connectivity index (χ4n) is 3.01. The Hall–Kier alpha value is -0.860. The van der Waals surface area contributed by atoms with Crippen LogP contribution in [0.4, 0.5) is 0 Å². The second-order valence-corrected chi connectivity index (χ2v) is 6.16. The van der Waals surface area contributed by atoms with Crippen LogP contribution in [-0.2, 0) is 0 Å². The number of aryl methyl sites for hydroxylation is 1. The van der Waals surface area contributed by atoms with Crippen LogP contribution in [0.5, 0.6) is 0 Å². The highest BCUT2D eigenvalue weighted by molar-refractivity contribution is 5.25. The lowest BCUT2D eigenvalue weighted by Gasteiger charge is -2.37. The van der Waals surface area contributed by atoms with Gasteiger partial charge in [-0.25, -0.2) is 0 Å². The number of benzene rings is 1. The predicted molar refractivity (Wildman–Crippen MR) is 82.2 cm³/mol. The lowest BCUT2D eigenvalue weighted by molar-refractivity contribution is 0.144. The van der Waals surface area contributed by atoms with Crippen molar-refractivity contribution in [1.29, 1.82) is 0 Å². The summed E-state index contributed by atoms with van der Waals surface area (Å²) in [6.45, 7) is 5.51. The van der Waals surface area contributed by atoms with Gasteiger partial charge in [-0.05, 0) is 44.7 Å². The smallest absolute Gasteiger partial charge is 0.0496 e. The van der Waals surface area contributed by atoms with Gasteiger partial charge in [-0.1, -0.05) is 43.2 Å². The summed E-state index contributed by atoms with van der Waals surface area (Å²) in [5.74, 6) is 0.891. The number of nitrogens with two attached hydrogens (primary N) is 1. The van der Waals surface area contributed by atoms with E-state index in [1.165, 1.54) is 36.9 Å². The van der Waals surface area contributed by atoms with Gasteiger partial charge in [0.1, 0.15) is 0 Å². The second-order valence-electron chi connectivity index (χ2n) is 6.16. The number of hydrogen-bond donors (Lipinski definition) is 1. The largest absolute Gasteiger partial charge is 0.326 e. The fraction of sp³-hybridized carbons (Fsp3) is 0.647. The Kier molecular flexibility index (Phi) is 5.00. The van der Waals surface area contributed by atoms with E-state index in [2.05, 4.69) is 50.1 Å². The standard InChI is InChI=1S/C17H28N2/c1-4-16(18)17(15-10-8-13(2)9-11-15)19(3)12-14-6-5-7-14/h8-11,14,16-17H,4-7,12,18H2,1-3H3. The van der Waals surface area contributed by atoms with Gasteiger partial charge in [0.05, 0.1) is 0 Å². The Labute approximate surface area is 118 Å². The molecule has 0 radical (unpaired) electrons. The topological polar surface area (TPSA) is 29.3 Å². The molecule has 0 saturated heterocycles. The summed E-state index contributed by atoms with van der Waals surface area (Å²) in [4.78, 5) is 2.47. The first-order valence-corrected chi connectivity index (χ1v) is 7.64. The Morgan fingerprint density at radius 3 is 2.37 bits per heavy atom. The third-order valence-electron chi connectivity index (χ3n) is 4.54. The summed E-state index contributed by atoms with van der Waals surface area (Å²) in [7, 11) is 2.23. The van der Waals surface area contributed by atoms with Crippen molar-refractivity contribution in [1.82, 2.24) is 4.90 Å². The molecule has 2 atom stereocenters. The van der Waals surface area contributed by atoms with E-state index >= 15 is 0 Å². The van der Waals surface area contributed by atoms with Crippen LogP contribution in [0.1, 0.15) is 49.8 Å². The summed E-state index contributed by atoms with van der Waals surface area (Å²) in [6.07, 6.45) is 5.22. The van der Waals surface area contributed by atoms with Crippen molar-refractivity contribution in [2.24, 2.45) is 11.7 Å². The zero-order valence-corrected chi connectivity index (χ0v) is 12.6. The molecule has 2 rings (SSSR count). The predicted octanol–water partition coefficient (Wildman–Crippen LogP) is 3.51. The van der Waals surface area contributed by atoms with Crippen LogP contribution in [0.3, 0.4) is 0 Å². The number of nitrogens with zero attached hydrogens (tertiary/aromatic N) is 1. The molecule has 2 unspecified atom stereocenters. The van der Waals surface area contributed by atoms with Crippen LogP contribution in [-0.4, -0.2) is 24.5 Å². The van der Waals surface area contributed by atoms with Crippen molar-refractivity contribution in [3.63, 3.8) is 0 Å². The molecule has 0 aliphatic heterocycles. The Bertz CT molecular complexity index is 381. The molecule has 0 amide bonds. The molecule has 1 aliphatic rings. The Morgan fingerprint density at radius 1 is 1.26 bits per heavy atom. The molecule has 0 aromatic heterocycles. The van der Waals surface area contributed by atoms with Crippen LogP contribution < -0.4 is 5.73 Å². The second kappa shape index (κ2) is 6.53. The summed E-state index contributed by atoms with van der Waals surface area (Å²) >= 11 is 0. The molecular weight excluding hydrogens is 232 g/mol. The molecule has 106 valence electrons. The Balaban J connectivity index is 2.11. The van der Waals surface area contributed by atoms with Crippen molar-refractivity contribution in [2.75, 3.05) is 13.6 Å². The van der Waals surface area contributed by atoms with Crippen molar-refractivity contribution in [2.45, 2.75) is 51.6 Å². The molecule has 1 aromatic carbocycles. The van der Waals surface area contributed by atoms with E-state index < -0.39 is 0 Å². The van der Waals surface area contributed by atoms with Crippen LogP contribution in [0.2, 0.25) is 0 Å². The molecule has 0 bridgehead atoms. The van der Waals surface area contributed by atoms with Crippen molar-refractivity contribution in [3.8, 4) is 0 Å². The lowest BCUT2D eigenvalue weighted by atomic mass is 9.84. The molecule has 0 spiro atoms. The average molecular weight is 260 g/mol. The highest BCUT2D eigenvalue weighted by atomic mass is 15.1. The minimum atomic E-state index is 0.216. The van der Waals surface area contributed by atoms with Gasteiger partial charge in [0.15, 0.2) is 0 Å². The van der Waals surface area contributed by atoms with Gasteiger partial charge in [0.25, 0.3) is 0 Å². The van der Waals surface area contributed by atoms with Gasteiger partial charge >= 0.3 is 0 Å². The summed E-state index contributed by atoms with van der Waals surface area (Å²) in [6, 6.07) is 9.45. The third-order valence-corrected chi connectivity index (χ3v) is 4.54. The van der Waals surface area contributed by atoms with Crippen LogP contribution in [0.25, 0.3) is 0 Å². The van der Waals surface area contributed by atoms with Crippen molar-refractivity contribution >= 4 is 0 Å². The first-order valence-electron chi connectivity index (χ1n) is 7.64. The molecule has 2 heteroatoms. The zero-order chi connectivity index (χ0) is 13.8. The van der Waals surface area contributed by atoms with Gasteiger partial charge < -0.3 is 5.73 Å². The average Bonchev–Trinajstić information content (AvgIpc) is 2.36. The summed E-state index contributed by atoms with van der Waals surface area (Å²) in [5.41, 5.74) is 9.06. The van der Waals surface area contributed by atoms with Gasteiger partial charge in [-0.3, -0.25) is 4.90 Å². The van der Waals surface area contributed by atoms with Crippen LogP contribution >= 0.6 is 0 Å². The molecule has 19 heavy (non-hydrogen) atoms. The first kappa shape index (κ1) is 14.5. The quantitative estimate of drug-likeness (QED) is 0.848. The molecule has 1 aliphatic carbocycles. The first-order chi connectivity index (χ1) is 9.11. The maximum absolute atomic E-state index is 6.38. The minimum Gasteiger partial charge on any atom is -0.326 e. The van der Waals surface area contributed by atoms with Crippen molar-refractivity contribution < 1.29 is 0 Å². The monoisotopic (exact) mass is 260 g/mol. The van der Waals surface area contributed by atoms with Gasteiger partial charge in [0, 0.05) is 18.6 Å². The highest BCUT2D eigenvalue weighted by Gasteiger charge is 2.27. The summed E-state index contributed by atoms with van der Waals surface area (Å²) in [5, 5.41) is 0. The number of likely N-dealkylation sites (N-methyl/N-ethyl adjacent to an activating group) is 1. The van der Waals surface area contributed by atoms with Crippen LogP contribution in [0.15, 0.2) is 24.3 Å². The molecule has 2 N–H and O–H groups in total. The maximum atomic E-state index is 6.38. The Morgan fingerprint density at radius 2 is 1.89 bits per heavy atom. The summed E-state index contributed by atoms with van der Waals surface area (Å²) < 4.78 is 0. The minimum absolute atomic E-state index is 0.216. The fourth-order valence-corrected chi connectivity index (χ4v) is 3.01. The molecule has 1 aromatic rings. The van der Waals surface area contributed by atoms with E-state index in [1.54, 1.807) is 0 Å². The normalized spacial score (nSPS) is 19.2. The SMILES string of the molecule is CCC(N)C(c1ccc(C)cc1)N(C)CC1CCC1. The van der Waals surface area contributed by atoms with E-state index in [0.29, 0.717) is 6.04 Å². The molecule has 1 fully saturated rings. The number of rotatable bonds is 6. The van der Waals surface area contributed by atoms with E-state index in [0.717, 1.165) is 12.3 Å². The van der Waals surface area contributed by atoms with E-state index in [-0.39, 0.29) is 6.04 Å². The molecule has 0 heterocycles. The highest BCUT2D eigenvalue weighted by Crippen LogP contribution is 2.31. The third kappa shape index (κ3) is 3.58. The van der Waals surface area contributed by atoms with Crippen molar-refractivity contribution in [3.05, 3.63) is 35.4 Å². The zero-order valence-electron chi connectivity index (χ0n) is 12.6. The van der Waals surface area contributed by atoms with E-state index in [9.17, 15) is 0 Å². The maximum Gasteiger partial charge on any atom is 0.0496 e. The molecular formula is C17H28N2. The molecule has 2 nitrogen and oxygen atoms in total. The van der Waals surface area contributed by atoms with Gasteiger partial charge in [-0.2, -0.15) is 0 Å².